The van der Waals surface area contributed by atoms with Gasteiger partial charge in [0.15, 0.2) is 0 Å². The van der Waals surface area contributed by atoms with Crippen LogP contribution in [0.2, 0.25) is 0 Å². The fraction of sp³-hybridized carbons (Fsp3) is 0.292. The van der Waals surface area contributed by atoms with Crippen molar-refractivity contribution in [3.8, 4) is 11.4 Å². The highest BCUT2D eigenvalue weighted by Gasteiger charge is 2.25. The number of amides is 3. The normalized spacial score (nSPS) is 15.7. The lowest BCUT2D eigenvalue weighted by Gasteiger charge is -2.33. The number of benzene rings is 2. The summed E-state index contributed by atoms with van der Waals surface area (Å²) in [5, 5.41) is 5.72. The quantitative estimate of drug-likeness (QED) is 0.618. The first kappa shape index (κ1) is 22.3. The number of nitrogens with zero attached hydrogens (tertiary/aromatic N) is 3. The second kappa shape index (κ2) is 9.72. The summed E-state index contributed by atoms with van der Waals surface area (Å²) in [5.74, 6) is -0.0972. The Labute approximate surface area is 191 Å². The maximum atomic E-state index is 13.4. The van der Waals surface area contributed by atoms with Gasteiger partial charge >= 0.3 is 6.03 Å². The molecule has 0 spiro atoms. The zero-order chi connectivity index (χ0) is 23.4. The van der Waals surface area contributed by atoms with Crippen LogP contribution in [0.4, 0.5) is 14.9 Å². The summed E-state index contributed by atoms with van der Waals surface area (Å²) in [6, 6.07) is 10.5. The number of imidazole rings is 1. The van der Waals surface area contributed by atoms with Crippen molar-refractivity contribution in [3.05, 3.63) is 72.1 Å². The molecule has 2 N–H and O–H groups in total. The lowest BCUT2D eigenvalue weighted by Crippen LogP contribution is -2.50. The van der Waals surface area contributed by atoms with Crippen LogP contribution in [0.3, 0.4) is 0 Å². The number of methoxy groups -OCH3 is 1. The molecule has 0 radical (unpaired) electrons. The fourth-order valence-electron chi connectivity index (χ4n) is 3.90. The van der Waals surface area contributed by atoms with Gasteiger partial charge in [-0.2, -0.15) is 0 Å². The lowest BCUT2D eigenvalue weighted by atomic mass is 10.0. The number of piperidine rings is 1. The van der Waals surface area contributed by atoms with Gasteiger partial charge in [0.05, 0.1) is 24.8 Å². The van der Waals surface area contributed by atoms with E-state index >= 15 is 0 Å². The fourth-order valence-corrected chi connectivity index (χ4v) is 3.90. The number of halogens is 1. The summed E-state index contributed by atoms with van der Waals surface area (Å²) in [6.07, 6.45) is 5.09. The molecule has 0 bridgehead atoms. The van der Waals surface area contributed by atoms with Crippen LogP contribution in [0.25, 0.3) is 5.69 Å². The van der Waals surface area contributed by atoms with Crippen LogP contribution in [0, 0.1) is 12.7 Å². The Morgan fingerprint density at radius 2 is 2.06 bits per heavy atom. The molecule has 2 heterocycles. The number of urea groups is 1. The van der Waals surface area contributed by atoms with Crippen LogP contribution >= 0.6 is 0 Å². The molecule has 1 aliphatic rings. The van der Waals surface area contributed by atoms with Crippen molar-refractivity contribution in [3.63, 3.8) is 0 Å². The first-order chi connectivity index (χ1) is 15.9. The zero-order valence-electron chi connectivity index (χ0n) is 18.5. The summed E-state index contributed by atoms with van der Waals surface area (Å²) in [4.78, 5) is 31.3. The smallest absolute Gasteiger partial charge is 0.321 e. The average Bonchev–Trinajstić information content (AvgIpc) is 3.24. The van der Waals surface area contributed by atoms with E-state index in [4.69, 9.17) is 4.74 Å². The van der Waals surface area contributed by atoms with Gasteiger partial charge in [-0.15, -0.1) is 0 Å². The minimum absolute atomic E-state index is 0.188. The Hall–Kier alpha value is -3.88. The number of aryl methyl sites for hydroxylation is 1. The van der Waals surface area contributed by atoms with Crippen molar-refractivity contribution >= 4 is 17.6 Å². The Kier molecular flexibility index (Phi) is 6.58. The van der Waals surface area contributed by atoms with Crippen LogP contribution < -0.4 is 15.4 Å². The molecule has 2 aromatic carbocycles. The molecule has 1 atom stereocenters. The summed E-state index contributed by atoms with van der Waals surface area (Å²) in [5.41, 5.74) is 2.52. The Bertz CT molecular complexity index is 1160. The number of hydrogen-bond acceptors (Lipinski definition) is 4. The van der Waals surface area contributed by atoms with Crippen molar-refractivity contribution < 1.29 is 18.7 Å². The van der Waals surface area contributed by atoms with Gasteiger partial charge in [0.2, 0.25) is 0 Å². The Morgan fingerprint density at radius 3 is 2.79 bits per heavy atom. The maximum absolute atomic E-state index is 13.4. The third-order valence-corrected chi connectivity index (χ3v) is 5.55. The summed E-state index contributed by atoms with van der Waals surface area (Å²) in [7, 11) is 1.56. The molecule has 1 aromatic heterocycles. The van der Waals surface area contributed by atoms with Crippen LogP contribution in [-0.4, -0.2) is 52.6 Å². The van der Waals surface area contributed by atoms with Gasteiger partial charge < -0.3 is 24.8 Å². The molecule has 172 valence electrons. The number of nitrogens with one attached hydrogen (secondary N) is 2. The molecule has 1 unspecified atom stereocenters. The van der Waals surface area contributed by atoms with E-state index in [1.165, 1.54) is 18.2 Å². The van der Waals surface area contributed by atoms with Crippen molar-refractivity contribution in [2.75, 3.05) is 25.5 Å². The second-order valence-electron chi connectivity index (χ2n) is 8.01. The zero-order valence-corrected chi connectivity index (χ0v) is 18.5. The molecule has 3 aromatic rings. The Morgan fingerprint density at radius 1 is 1.21 bits per heavy atom. The SMILES string of the molecule is COc1cc(C(=O)NC2CCCN(C(=O)Nc3cccc(F)c3)C2)ccc1-n1cnc(C)c1. The first-order valence-corrected chi connectivity index (χ1v) is 10.7. The van der Waals surface area contributed by atoms with Crippen LogP contribution in [0.5, 0.6) is 5.75 Å². The molecule has 3 amide bonds. The van der Waals surface area contributed by atoms with Gasteiger partial charge in [-0.05, 0) is 56.2 Å². The van der Waals surface area contributed by atoms with Crippen LogP contribution in [-0.2, 0) is 0 Å². The van der Waals surface area contributed by atoms with E-state index in [0.29, 0.717) is 30.1 Å². The number of carbonyl (C=O) groups is 2. The highest BCUT2D eigenvalue weighted by Crippen LogP contribution is 2.25. The van der Waals surface area contributed by atoms with Crippen LogP contribution in [0.1, 0.15) is 28.9 Å². The van der Waals surface area contributed by atoms with E-state index in [1.807, 2.05) is 23.8 Å². The van der Waals surface area contributed by atoms with Gasteiger partial charge in [0.1, 0.15) is 11.6 Å². The topological polar surface area (TPSA) is 88.5 Å². The molecule has 9 heteroatoms. The first-order valence-electron chi connectivity index (χ1n) is 10.7. The number of ether oxygens (including phenoxy) is 1. The number of anilines is 1. The predicted octanol–water partition coefficient (Wildman–Crippen LogP) is 3.75. The van der Waals surface area contributed by atoms with Gasteiger partial charge in [0, 0.05) is 36.6 Å². The van der Waals surface area contributed by atoms with Crippen molar-refractivity contribution in [1.29, 1.82) is 0 Å². The summed E-state index contributed by atoms with van der Waals surface area (Å²) in [6.45, 7) is 2.84. The minimum Gasteiger partial charge on any atom is -0.495 e. The summed E-state index contributed by atoms with van der Waals surface area (Å²) >= 11 is 0. The van der Waals surface area contributed by atoms with E-state index in [1.54, 1.807) is 36.5 Å². The standard InChI is InChI=1S/C24H26FN5O3/c1-16-13-30(15-26-16)21-9-8-17(11-22(21)33-2)23(31)27-20-7-4-10-29(14-20)24(32)28-19-6-3-5-18(25)12-19/h3,5-6,8-9,11-13,15,20H,4,7,10,14H2,1-2H3,(H,27,31)(H,28,32). The molecule has 1 aliphatic heterocycles. The number of rotatable bonds is 5. The monoisotopic (exact) mass is 451 g/mol. The van der Waals surface area contributed by atoms with Crippen molar-refractivity contribution in [1.82, 2.24) is 19.8 Å². The molecule has 1 fully saturated rings. The van der Waals surface area contributed by atoms with Gasteiger partial charge in [-0.1, -0.05) is 6.07 Å². The van der Waals surface area contributed by atoms with E-state index in [9.17, 15) is 14.0 Å². The van der Waals surface area contributed by atoms with Gasteiger partial charge in [-0.25, -0.2) is 14.2 Å². The van der Waals surface area contributed by atoms with Gasteiger partial charge in [0.25, 0.3) is 5.91 Å². The minimum atomic E-state index is -0.416. The second-order valence-corrected chi connectivity index (χ2v) is 8.01. The number of hydrogen-bond donors (Lipinski definition) is 2. The highest BCUT2D eigenvalue weighted by atomic mass is 19.1. The molecular weight excluding hydrogens is 425 g/mol. The van der Waals surface area contributed by atoms with E-state index in [2.05, 4.69) is 15.6 Å². The average molecular weight is 452 g/mol. The molecular formula is C24H26FN5O3. The third-order valence-electron chi connectivity index (χ3n) is 5.55. The van der Waals surface area contributed by atoms with E-state index in [-0.39, 0.29) is 18.0 Å². The van der Waals surface area contributed by atoms with E-state index in [0.717, 1.165) is 24.2 Å². The molecule has 33 heavy (non-hydrogen) atoms. The third kappa shape index (κ3) is 5.31. The molecule has 0 saturated carbocycles. The Balaban J connectivity index is 1.40. The van der Waals surface area contributed by atoms with E-state index < -0.39 is 5.82 Å². The molecule has 1 saturated heterocycles. The number of likely N-dealkylation sites (tertiary alicyclic amines) is 1. The number of aromatic nitrogens is 2. The predicted molar refractivity (Wildman–Crippen MR) is 122 cm³/mol. The maximum Gasteiger partial charge on any atom is 0.321 e. The molecule has 4 rings (SSSR count). The number of carbonyl (C=O) groups excluding carboxylic acids is 2. The van der Waals surface area contributed by atoms with Crippen molar-refractivity contribution in [2.45, 2.75) is 25.8 Å². The molecule has 8 nitrogen and oxygen atoms in total. The largest absolute Gasteiger partial charge is 0.495 e. The van der Waals surface area contributed by atoms with Gasteiger partial charge in [-0.3, -0.25) is 4.79 Å². The summed E-state index contributed by atoms with van der Waals surface area (Å²) < 4.78 is 20.7. The lowest BCUT2D eigenvalue weighted by molar-refractivity contribution is 0.0912. The van der Waals surface area contributed by atoms with Crippen LogP contribution in [0.15, 0.2) is 55.0 Å². The van der Waals surface area contributed by atoms with Crippen molar-refractivity contribution in [2.24, 2.45) is 0 Å². The highest BCUT2D eigenvalue weighted by molar-refractivity contribution is 5.95. The molecule has 0 aliphatic carbocycles.